The molecule has 9 heteroatoms. The van der Waals surface area contributed by atoms with Crippen LogP contribution in [0.3, 0.4) is 0 Å². The lowest BCUT2D eigenvalue weighted by Gasteiger charge is -2.16. The van der Waals surface area contributed by atoms with Crippen LogP contribution in [-0.4, -0.2) is 17.8 Å². The van der Waals surface area contributed by atoms with Crippen LogP contribution in [0.15, 0.2) is 65.3 Å². The highest BCUT2D eigenvalue weighted by Crippen LogP contribution is 2.33. The fraction of sp³-hybridized carbons (Fsp3) is 0.115. The van der Waals surface area contributed by atoms with E-state index in [1.165, 1.54) is 18.2 Å². The van der Waals surface area contributed by atoms with Crippen LogP contribution < -0.4 is 15.0 Å². The van der Waals surface area contributed by atoms with E-state index in [-0.39, 0.29) is 26.5 Å². The molecule has 0 spiro atoms. The van der Waals surface area contributed by atoms with Crippen LogP contribution in [0.5, 0.6) is 5.75 Å². The van der Waals surface area contributed by atoms with Gasteiger partial charge in [0, 0.05) is 15.7 Å². The number of amides is 2. The first kappa shape index (κ1) is 24.8. The third-order valence-corrected chi connectivity index (χ3v) is 6.38. The van der Waals surface area contributed by atoms with Gasteiger partial charge in [0.15, 0.2) is 0 Å². The summed E-state index contributed by atoms with van der Waals surface area (Å²) in [6, 6.07) is 14.5. The largest absolute Gasteiger partial charge is 0.422 e. The number of benzene rings is 3. The highest BCUT2D eigenvalue weighted by molar-refractivity contribution is 6.53. The molecule has 4 rings (SSSR count). The van der Waals surface area contributed by atoms with E-state index in [1.807, 2.05) is 32.9 Å². The average Bonchev–Trinajstić information content (AvgIpc) is 3.02. The Morgan fingerprint density at radius 1 is 0.829 bits per heavy atom. The molecule has 0 radical (unpaired) electrons. The molecule has 0 bridgehead atoms. The molecule has 2 amide bonds. The van der Waals surface area contributed by atoms with Gasteiger partial charge in [-0.1, -0.05) is 46.9 Å². The van der Waals surface area contributed by atoms with E-state index >= 15 is 0 Å². The summed E-state index contributed by atoms with van der Waals surface area (Å²) in [5.41, 5.74) is 3.64. The first-order chi connectivity index (χ1) is 16.6. The van der Waals surface area contributed by atoms with E-state index in [2.05, 4.69) is 5.32 Å². The number of halogens is 3. The summed E-state index contributed by atoms with van der Waals surface area (Å²) in [5, 5.41) is 3.12. The van der Waals surface area contributed by atoms with Gasteiger partial charge in [-0.3, -0.25) is 9.59 Å². The Labute approximate surface area is 217 Å². The van der Waals surface area contributed by atoms with E-state index in [0.717, 1.165) is 21.6 Å². The molecule has 0 unspecified atom stereocenters. The highest BCUT2D eigenvalue weighted by Gasteiger charge is 2.39. The third kappa shape index (κ3) is 4.91. The number of esters is 1. The van der Waals surface area contributed by atoms with Gasteiger partial charge in [0.25, 0.3) is 11.8 Å². The second-order valence-corrected chi connectivity index (χ2v) is 9.26. The number of nitrogens with zero attached hydrogens (tertiary/aromatic N) is 1. The summed E-state index contributed by atoms with van der Waals surface area (Å²) in [7, 11) is 0. The quantitative estimate of drug-likeness (QED) is 0.230. The summed E-state index contributed by atoms with van der Waals surface area (Å²) >= 11 is 18.2. The second kappa shape index (κ2) is 9.74. The van der Waals surface area contributed by atoms with Gasteiger partial charge in [-0.2, -0.15) is 0 Å². The maximum atomic E-state index is 13.0. The number of anilines is 2. The normalized spacial score (nSPS) is 13.5. The Balaban J connectivity index is 1.51. The van der Waals surface area contributed by atoms with Gasteiger partial charge in [-0.25, -0.2) is 9.69 Å². The first-order valence-electron chi connectivity index (χ1n) is 10.5. The van der Waals surface area contributed by atoms with Gasteiger partial charge in [-0.15, -0.1) is 0 Å². The Hall–Kier alpha value is -3.32. The van der Waals surface area contributed by atoms with Crippen molar-refractivity contribution in [3.8, 4) is 5.75 Å². The highest BCUT2D eigenvalue weighted by atomic mass is 35.5. The number of carbonyl (C=O) groups excluding carboxylic acids is 3. The molecule has 3 aromatic carbocycles. The van der Waals surface area contributed by atoms with Crippen molar-refractivity contribution in [1.29, 1.82) is 0 Å². The van der Waals surface area contributed by atoms with Gasteiger partial charge in [0.2, 0.25) is 0 Å². The van der Waals surface area contributed by atoms with Crippen LogP contribution in [0, 0.1) is 20.8 Å². The maximum Gasteiger partial charge on any atom is 0.343 e. The lowest BCUT2D eigenvalue weighted by Crippen LogP contribution is -2.32. The Morgan fingerprint density at radius 3 is 2.06 bits per heavy atom. The zero-order chi connectivity index (χ0) is 25.4. The smallest absolute Gasteiger partial charge is 0.343 e. The number of aryl methyl sites for hydroxylation is 2. The van der Waals surface area contributed by atoms with Crippen molar-refractivity contribution in [2.24, 2.45) is 0 Å². The number of imide groups is 1. The van der Waals surface area contributed by atoms with Crippen molar-refractivity contribution < 1.29 is 19.1 Å². The molecular weight excluding hydrogens is 511 g/mol. The van der Waals surface area contributed by atoms with Crippen molar-refractivity contribution in [2.45, 2.75) is 20.8 Å². The summed E-state index contributed by atoms with van der Waals surface area (Å²) in [4.78, 5) is 39.2. The van der Waals surface area contributed by atoms with Crippen LogP contribution in [0.4, 0.5) is 11.4 Å². The summed E-state index contributed by atoms with van der Waals surface area (Å²) in [6.45, 7) is 5.72. The molecule has 1 N–H and O–H groups in total. The SMILES string of the molecule is Cc1ccc(C)c(OC(=O)c2ccc(NC3=C(Cl)C(=O)N(c4cc(Cl)cc(Cl)c4)C3=O)cc2)c1C. The van der Waals surface area contributed by atoms with Gasteiger partial charge >= 0.3 is 5.97 Å². The average molecular weight is 530 g/mol. The van der Waals surface area contributed by atoms with Crippen molar-refractivity contribution in [3.05, 3.63) is 97.6 Å². The lowest BCUT2D eigenvalue weighted by molar-refractivity contribution is -0.120. The zero-order valence-electron chi connectivity index (χ0n) is 18.9. The molecule has 0 fully saturated rings. The molecule has 1 aliphatic rings. The zero-order valence-corrected chi connectivity index (χ0v) is 21.2. The lowest BCUT2D eigenvalue weighted by atomic mass is 10.1. The molecule has 178 valence electrons. The van der Waals surface area contributed by atoms with Crippen LogP contribution in [0.25, 0.3) is 0 Å². The number of hydrogen-bond donors (Lipinski definition) is 1. The second-order valence-electron chi connectivity index (χ2n) is 8.01. The van der Waals surface area contributed by atoms with Gasteiger partial charge in [0.1, 0.15) is 16.5 Å². The molecule has 0 aromatic heterocycles. The van der Waals surface area contributed by atoms with E-state index in [1.54, 1.807) is 24.3 Å². The molecule has 0 saturated heterocycles. The van der Waals surface area contributed by atoms with Crippen molar-refractivity contribution >= 4 is 64.0 Å². The van der Waals surface area contributed by atoms with Gasteiger partial charge in [-0.05, 0) is 79.9 Å². The Morgan fingerprint density at radius 2 is 1.43 bits per heavy atom. The van der Waals surface area contributed by atoms with Gasteiger partial charge < -0.3 is 10.1 Å². The van der Waals surface area contributed by atoms with Crippen LogP contribution >= 0.6 is 34.8 Å². The van der Waals surface area contributed by atoms with Crippen molar-refractivity contribution in [2.75, 3.05) is 10.2 Å². The fourth-order valence-corrected chi connectivity index (χ4v) is 4.31. The minimum atomic E-state index is -0.707. The number of nitrogens with one attached hydrogen (secondary N) is 1. The molecular formula is C26H19Cl3N2O4. The number of carbonyl (C=O) groups is 3. The first-order valence-corrected chi connectivity index (χ1v) is 11.6. The molecule has 1 aliphatic heterocycles. The number of rotatable bonds is 5. The van der Waals surface area contributed by atoms with E-state index < -0.39 is 17.8 Å². The molecule has 35 heavy (non-hydrogen) atoms. The number of ether oxygens (including phenoxy) is 1. The predicted molar refractivity (Wildman–Crippen MR) is 138 cm³/mol. The minimum Gasteiger partial charge on any atom is -0.422 e. The third-order valence-electron chi connectivity index (χ3n) is 5.59. The van der Waals surface area contributed by atoms with E-state index in [0.29, 0.717) is 17.0 Å². The monoisotopic (exact) mass is 528 g/mol. The van der Waals surface area contributed by atoms with Crippen LogP contribution in [-0.2, 0) is 9.59 Å². The molecule has 1 heterocycles. The van der Waals surface area contributed by atoms with Crippen LogP contribution in [0.2, 0.25) is 10.0 Å². The van der Waals surface area contributed by atoms with Crippen molar-refractivity contribution in [3.63, 3.8) is 0 Å². The summed E-state index contributed by atoms with van der Waals surface area (Å²) < 4.78 is 5.63. The Bertz CT molecular complexity index is 1390. The topological polar surface area (TPSA) is 75.7 Å². The van der Waals surface area contributed by atoms with Gasteiger partial charge in [0.05, 0.1) is 11.3 Å². The summed E-state index contributed by atoms with van der Waals surface area (Å²) in [6.07, 6.45) is 0. The van der Waals surface area contributed by atoms with E-state index in [4.69, 9.17) is 39.5 Å². The standard InChI is InChI=1S/C26H19Cl3N2O4/c1-13-4-5-14(2)23(15(13)3)35-26(34)16-6-8-19(9-7-16)30-22-21(29)24(32)31(25(22)33)20-11-17(27)10-18(28)12-20/h4-12,30H,1-3H3. The predicted octanol–water partition coefficient (Wildman–Crippen LogP) is 6.57. The van der Waals surface area contributed by atoms with Crippen molar-refractivity contribution in [1.82, 2.24) is 0 Å². The number of hydrogen-bond acceptors (Lipinski definition) is 5. The molecule has 3 aromatic rings. The van der Waals surface area contributed by atoms with E-state index in [9.17, 15) is 14.4 Å². The summed E-state index contributed by atoms with van der Waals surface area (Å²) in [5.74, 6) is -1.35. The molecule has 0 atom stereocenters. The minimum absolute atomic E-state index is 0.103. The molecule has 6 nitrogen and oxygen atoms in total. The molecule has 0 saturated carbocycles. The van der Waals surface area contributed by atoms with Crippen LogP contribution in [0.1, 0.15) is 27.0 Å². The molecule has 0 aliphatic carbocycles. The Kier molecular flexibility index (Phi) is 6.90. The fourth-order valence-electron chi connectivity index (χ4n) is 3.58. The maximum absolute atomic E-state index is 13.0.